The quantitative estimate of drug-likeness (QED) is 0.783. The molecule has 3 nitrogen and oxygen atoms in total. The Hall–Kier alpha value is -1.22. The number of anilines is 1. The minimum Gasteiger partial charge on any atom is -0.398 e. The minimum absolute atomic E-state index is 0.0440. The lowest BCUT2D eigenvalue weighted by Gasteiger charge is -2.17. The summed E-state index contributed by atoms with van der Waals surface area (Å²) in [7, 11) is 1.81. The summed E-state index contributed by atoms with van der Waals surface area (Å²) >= 11 is 5.83. The molecule has 1 aliphatic rings. The molecule has 0 spiro atoms. The molecule has 1 aliphatic carbocycles. The Labute approximate surface area is 93.8 Å². The van der Waals surface area contributed by atoms with Crippen molar-refractivity contribution < 1.29 is 4.79 Å². The molecular formula is C11H13ClN2O. The van der Waals surface area contributed by atoms with Crippen LogP contribution in [0.2, 0.25) is 5.02 Å². The highest BCUT2D eigenvalue weighted by Gasteiger charge is 2.30. The van der Waals surface area contributed by atoms with Crippen molar-refractivity contribution in [2.24, 2.45) is 0 Å². The van der Waals surface area contributed by atoms with Crippen LogP contribution in [0.4, 0.5) is 5.69 Å². The van der Waals surface area contributed by atoms with Gasteiger partial charge in [-0.3, -0.25) is 4.79 Å². The minimum atomic E-state index is -0.0440. The lowest BCUT2D eigenvalue weighted by molar-refractivity contribution is 0.0786. The first-order valence-corrected chi connectivity index (χ1v) is 5.29. The lowest BCUT2D eigenvalue weighted by atomic mass is 10.1. The van der Waals surface area contributed by atoms with Crippen LogP contribution in [-0.2, 0) is 0 Å². The second-order valence-electron chi connectivity index (χ2n) is 3.88. The van der Waals surface area contributed by atoms with Gasteiger partial charge in [0, 0.05) is 23.8 Å². The van der Waals surface area contributed by atoms with E-state index in [1.165, 1.54) is 0 Å². The summed E-state index contributed by atoms with van der Waals surface area (Å²) in [6.45, 7) is 0. The summed E-state index contributed by atoms with van der Waals surface area (Å²) in [4.78, 5) is 13.7. The van der Waals surface area contributed by atoms with Crippen LogP contribution in [0, 0.1) is 0 Å². The van der Waals surface area contributed by atoms with Crippen LogP contribution in [0.25, 0.3) is 0 Å². The molecule has 80 valence electrons. The number of amides is 1. The Morgan fingerprint density at radius 3 is 2.80 bits per heavy atom. The largest absolute Gasteiger partial charge is 0.398 e. The summed E-state index contributed by atoms with van der Waals surface area (Å²) in [6, 6.07) is 5.36. The first kappa shape index (κ1) is 10.3. The molecule has 0 bridgehead atoms. The van der Waals surface area contributed by atoms with Gasteiger partial charge in [-0.1, -0.05) is 11.6 Å². The molecule has 2 rings (SSSR count). The second-order valence-corrected chi connectivity index (χ2v) is 4.32. The number of carbonyl (C=O) groups is 1. The average Bonchev–Trinajstić information content (AvgIpc) is 3.03. The highest BCUT2D eigenvalue weighted by atomic mass is 35.5. The second kappa shape index (κ2) is 3.74. The van der Waals surface area contributed by atoms with E-state index in [1.807, 2.05) is 0 Å². The topological polar surface area (TPSA) is 46.3 Å². The zero-order valence-corrected chi connectivity index (χ0v) is 9.29. The number of nitrogens with zero attached hydrogens (tertiary/aromatic N) is 1. The predicted octanol–water partition coefficient (Wildman–Crippen LogP) is 2.16. The highest BCUT2D eigenvalue weighted by molar-refractivity contribution is 6.31. The third-order valence-electron chi connectivity index (χ3n) is 2.66. The number of nitrogen functional groups attached to an aromatic ring is 1. The van der Waals surface area contributed by atoms with Crippen molar-refractivity contribution in [1.82, 2.24) is 4.90 Å². The molecule has 1 aromatic carbocycles. The van der Waals surface area contributed by atoms with E-state index in [9.17, 15) is 4.79 Å². The third kappa shape index (κ3) is 2.07. The van der Waals surface area contributed by atoms with Gasteiger partial charge in [-0.05, 0) is 31.0 Å². The SMILES string of the molecule is CN(C(=O)c1cc(Cl)ccc1N)C1CC1. The number of halogens is 1. The summed E-state index contributed by atoms with van der Waals surface area (Å²) in [5.74, 6) is -0.0440. The van der Waals surface area contributed by atoms with Gasteiger partial charge >= 0.3 is 0 Å². The van der Waals surface area contributed by atoms with E-state index in [2.05, 4.69) is 0 Å². The van der Waals surface area contributed by atoms with Gasteiger partial charge in [0.1, 0.15) is 0 Å². The van der Waals surface area contributed by atoms with E-state index in [1.54, 1.807) is 30.1 Å². The summed E-state index contributed by atoms with van der Waals surface area (Å²) in [5, 5.41) is 0.539. The molecule has 0 atom stereocenters. The van der Waals surface area contributed by atoms with Gasteiger partial charge in [0.25, 0.3) is 5.91 Å². The third-order valence-corrected chi connectivity index (χ3v) is 2.90. The molecule has 1 aromatic rings. The molecule has 0 aromatic heterocycles. The number of benzene rings is 1. The maximum Gasteiger partial charge on any atom is 0.255 e. The first-order chi connectivity index (χ1) is 7.09. The summed E-state index contributed by atoms with van der Waals surface area (Å²) < 4.78 is 0. The van der Waals surface area contributed by atoms with Gasteiger partial charge in [0.05, 0.1) is 5.56 Å². The fraction of sp³-hybridized carbons (Fsp3) is 0.364. The fourth-order valence-corrected chi connectivity index (χ4v) is 1.70. The van der Waals surface area contributed by atoms with Gasteiger partial charge < -0.3 is 10.6 Å². The Kier molecular flexibility index (Phi) is 2.57. The van der Waals surface area contributed by atoms with Gasteiger partial charge in [0.15, 0.2) is 0 Å². The van der Waals surface area contributed by atoms with E-state index in [-0.39, 0.29) is 5.91 Å². The molecule has 1 amide bonds. The van der Waals surface area contributed by atoms with Crippen molar-refractivity contribution in [3.63, 3.8) is 0 Å². The summed E-state index contributed by atoms with van der Waals surface area (Å²) in [6.07, 6.45) is 2.17. The van der Waals surface area contributed by atoms with E-state index in [0.717, 1.165) is 12.8 Å². The predicted molar refractivity (Wildman–Crippen MR) is 61.0 cm³/mol. The molecule has 0 saturated heterocycles. The standard InChI is InChI=1S/C11H13ClN2O/c1-14(8-3-4-8)11(15)9-6-7(12)2-5-10(9)13/h2,5-6,8H,3-4,13H2,1H3. The molecule has 0 unspecified atom stereocenters. The smallest absolute Gasteiger partial charge is 0.255 e. The van der Waals surface area contributed by atoms with E-state index < -0.39 is 0 Å². The van der Waals surface area contributed by atoms with Crippen LogP contribution in [0.15, 0.2) is 18.2 Å². The Morgan fingerprint density at radius 1 is 1.53 bits per heavy atom. The molecule has 15 heavy (non-hydrogen) atoms. The molecule has 4 heteroatoms. The van der Waals surface area contributed by atoms with Crippen LogP contribution in [0.5, 0.6) is 0 Å². The van der Waals surface area contributed by atoms with Gasteiger partial charge in [0.2, 0.25) is 0 Å². The number of rotatable bonds is 2. The van der Waals surface area contributed by atoms with E-state index in [0.29, 0.717) is 22.3 Å². The van der Waals surface area contributed by atoms with Crippen LogP contribution in [0.1, 0.15) is 23.2 Å². The van der Waals surface area contributed by atoms with Crippen molar-refractivity contribution in [3.05, 3.63) is 28.8 Å². The number of nitrogens with two attached hydrogens (primary N) is 1. The molecule has 1 saturated carbocycles. The Morgan fingerprint density at radius 2 is 2.20 bits per heavy atom. The average molecular weight is 225 g/mol. The summed E-state index contributed by atoms with van der Waals surface area (Å²) in [5.41, 5.74) is 6.72. The maximum absolute atomic E-state index is 12.0. The van der Waals surface area contributed by atoms with Crippen molar-refractivity contribution in [2.75, 3.05) is 12.8 Å². The van der Waals surface area contributed by atoms with Gasteiger partial charge in [-0.2, -0.15) is 0 Å². The number of hydrogen-bond acceptors (Lipinski definition) is 2. The molecule has 2 N–H and O–H groups in total. The maximum atomic E-state index is 12.0. The fourth-order valence-electron chi connectivity index (χ4n) is 1.53. The van der Waals surface area contributed by atoms with Crippen molar-refractivity contribution in [2.45, 2.75) is 18.9 Å². The highest BCUT2D eigenvalue weighted by Crippen LogP contribution is 2.28. The lowest BCUT2D eigenvalue weighted by Crippen LogP contribution is -2.29. The molecule has 0 radical (unpaired) electrons. The van der Waals surface area contributed by atoms with Crippen molar-refractivity contribution in [3.8, 4) is 0 Å². The van der Waals surface area contributed by atoms with Crippen molar-refractivity contribution >= 4 is 23.2 Å². The number of hydrogen-bond donors (Lipinski definition) is 1. The monoisotopic (exact) mass is 224 g/mol. The van der Waals surface area contributed by atoms with Crippen LogP contribution < -0.4 is 5.73 Å². The van der Waals surface area contributed by atoms with E-state index in [4.69, 9.17) is 17.3 Å². The van der Waals surface area contributed by atoms with Crippen LogP contribution >= 0.6 is 11.6 Å². The molecular weight excluding hydrogens is 212 g/mol. The Balaban J connectivity index is 2.27. The Bertz CT molecular complexity index is 402. The van der Waals surface area contributed by atoms with Gasteiger partial charge in [-0.15, -0.1) is 0 Å². The first-order valence-electron chi connectivity index (χ1n) is 4.92. The van der Waals surface area contributed by atoms with Crippen LogP contribution in [0.3, 0.4) is 0 Å². The van der Waals surface area contributed by atoms with Gasteiger partial charge in [-0.25, -0.2) is 0 Å². The molecule has 0 aliphatic heterocycles. The number of carbonyl (C=O) groups excluding carboxylic acids is 1. The van der Waals surface area contributed by atoms with Crippen LogP contribution in [-0.4, -0.2) is 23.9 Å². The normalized spacial score (nSPS) is 15.1. The zero-order chi connectivity index (χ0) is 11.0. The molecule has 1 fully saturated rings. The zero-order valence-electron chi connectivity index (χ0n) is 8.53. The van der Waals surface area contributed by atoms with E-state index >= 15 is 0 Å². The van der Waals surface area contributed by atoms with Crippen molar-refractivity contribution in [1.29, 1.82) is 0 Å². The molecule has 0 heterocycles.